The smallest absolute Gasteiger partial charge is 0.306 e. The van der Waals surface area contributed by atoms with Crippen molar-refractivity contribution >= 4 is 11.9 Å². The van der Waals surface area contributed by atoms with E-state index < -0.39 is 6.10 Å². The molecule has 0 aliphatic carbocycles. The van der Waals surface area contributed by atoms with Gasteiger partial charge in [0, 0.05) is 12.8 Å². The van der Waals surface area contributed by atoms with Crippen LogP contribution in [0.2, 0.25) is 0 Å². The van der Waals surface area contributed by atoms with E-state index in [9.17, 15) is 14.7 Å². The summed E-state index contributed by atoms with van der Waals surface area (Å²) in [4.78, 5) is 24.6. The number of aliphatic hydroxyl groups excluding tert-OH is 1. The van der Waals surface area contributed by atoms with Crippen LogP contribution in [0.1, 0.15) is 335 Å². The Morgan fingerprint density at radius 3 is 0.885 bits per heavy atom. The second-order valence-electron chi connectivity index (χ2n) is 22.5. The predicted octanol–water partition coefficient (Wildman–Crippen LogP) is 23.4. The fourth-order valence-electron chi connectivity index (χ4n) is 9.84. The molecule has 0 heterocycles. The van der Waals surface area contributed by atoms with Gasteiger partial charge in [0.05, 0.1) is 6.61 Å². The molecule has 450 valence electrons. The quantitative estimate of drug-likeness (QED) is 0.0373. The summed E-state index contributed by atoms with van der Waals surface area (Å²) >= 11 is 0. The molecule has 0 spiro atoms. The molecule has 0 aliphatic rings. The predicted molar refractivity (Wildman–Crippen MR) is 343 cm³/mol. The number of rotatable bonds is 62. The summed E-state index contributed by atoms with van der Waals surface area (Å²) in [5, 5.41) is 9.66. The highest BCUT2D eigenvalue weighted by Gasteiger charge is 2.16. The van der Waals surface area contributed by atoms with Crippen molar-refractivity contribution < 1.29 is 24.2 Å². The number of hydrogen-bond donors (Lipinski definition) is 1. The third kappa shape index (κ3) is 65.3. The molecule has 0 aromatic carbocycles. The molecule has 0 bridgehead atoms. The van der Waals surface area contributed by atoms with Crippen LogP contribution >= 0.6 is 0 Å². The van der Waals surface area contributed by atoms with E-state index in [0.29, 0.717) is 12.8 Å². The molecule has 0 aliphatic heterocycles. The van der Waals surface area contributed by atoms with Crippen LogP contribution in [0.3, 0.4) is 0 Å². The van der Waals surface area contributed by atoms with E-state index in [2.05, 4.69) is 111 Å². The minimum Gasteiger partial charge on any atom is -0.462 e. The summed E-state index contributed by atoms with van der Waals surface area (Å²) in [5.74, 6) is -0.653. The topological polar surface area (TPSA) is 72.8 Å². The maximum absolute atomic E-state index is 12.3. The van der Waals surface area contributed by atoms with Crippen LogP contribution < -0.4 is 0 Å². The number of unbranched alkanes of at least 4 members (excludes halogenated alkanes) is 38. The molecule has 0 aromatic heterocycles. The van der Waals surface area contributed by atoms with Gasteiger partial charge >= 0.3 is 11.9 Å². The molecule has 0 aromatic rings. The molecule has 0 fully saturated rings. The van der Waals surface area contributed by atoms with Gasteiger partial charge in [0.1, 0.15) is 6.61 Å². The average molecular weight is 1090 g/mol. The zero-order valence-electron chi connectivity index (χ0n) is 51.7. The Bertz CT molecular complexity index is 1460. The van der Waals surface area contributed by atoms with Crippen molar-refractivity contribution in [2.75, 3.05) is 13.2 Å². The van der Waals surface area contributed by atoms with Gasteiger partial charge in [-0.2, -0.15) is 0 Å². The second-order valence-corrected chi connectivity index (χ2v) is 22.5. The normalized spacial score (nSPS) is 12.8. The van der Waals surface area contributed by atoms with Crippen molar-refractivity contribution in [3.05, 3.63) is 97.2 Å². The first-order valence-corrected chi connectivity index (χ1v) is 33.8. The van der Waals surface area contributed by atoms with Crippen LogP contribution in [0.5, 0.6) is 0 Å². The lowest BCUT2D eigenvalue weighted by molar-refractivity contribution is -0.161. The van der Waals surface area contributed by atoms with Gasteiger partial charge in [0.2, 0.25) is 0 Å². The Kier molecular flexibility index (Phi) is 65.3. The van der Waals surface area contributed by atoms with Crippen LogP contribution in [0.25, 0.3) is 0 Å². The molecule has 78 heavy (non-hydrogen) atoms. The monoisotopic (exact) mass is 1080 g/mol. The van der Waals surface area contributed by atoms with Crippen LogP contribution in [0.15, 0.2) is 97.2 Å². The van der Waals surface area contributed by atoms with Crippen molar-refractivity contribution in [1.82, 2.24) is 0 Å². The number of aliphatic hydroxyl groups is 1. The number of hydrogen-bond acceptors (Lipinski definition) is 5. The molecule has 1 N–H and O–H groups in total. The maximum Gasteiger partial charge on any atom is 0.306 e. The highest BCUT2D eigenvalue weighted by atomic mass is 16.6. The van der Waals surface area contributed by atoms with Crippen LogP contribution in [-0.2, 0) is 19.1 Å². The van der Waals surface area contributed by atoms with E-state index in [4.69, 9.17) is 9.47 Å². The SMILES string of the molecule is CC/C=C\C/C=C\C/C=C\C/C=C\C/C=C\C/C=C\C/C=C\CCCC(=O)OC(CO)COC(=O)CCCCCCCCCCCCCCCCCCCCCCCCCCCCCCC/C=C\CCCCCCCCCC. The molecule has 0 saturated heterocycles. The number of esters is 2. The molecule has 0 amide bonds. The van der Waals surface area contributed by atoms with E-state index in [1.54, 1.807) is 0 Å². The maximum atomic E-state index is 12.3. The summed E-state index contributed by atoms with van der Waals surface area (Å²) in [6.07, 6.45) is 97.4. The molecule has 5 nitrogen and oxygen atoms in total. The van der Waals surface area contributed by atoms with Gasteiger partial charge in [-0.25, -0.2) is 0 Å². The summed E-state index contributed by atoms with van der Waals surface area (Å²) in [5.41, 5.74) is 0. The molecule has 0 radical (unpaired) electrons. The molecule has 1 unspecified atom stereocenters. The Morgan fingerprint density at radius 2 is 0.564 bits per heavy atom. The van der Waals surface area contributed by atoms with Gasteiger partial charge in [0.15, 0.2) is 6.10 Å². The zero-order chi connectivity index (χ0) is 56.2. The molecular weight excluding hydrogens is 957 g/mol. The minimum absolute atomic E-state index is 0.0914. The first-order chi connectivity index (χ1) is 38.6. The lowest BCUT2D eigenvalue weighted by atomic mass is 10.0. The summed E-state index contributed by atoms with van der Waals surface area (Å²) in [6.45, 7) is 4.01. The van der Waals surface area contributed by atoms with Crippen molar-refractivity contribution in [3.63, 3.8) is 0 Å². The van der Waals surface area contributed by atoms with Gasteiger partial charge in [0.25, 0.3) is 0 Å². The Labute approximate surface area is 485 Å². The van der Waals surface area contributed by atoms with Crippen molar-refractivity contribution in [3.8, 4) is 0 Å². The first-order valence-electron chi connectivity index (χ1n) is 33.8. The Hall–Kier alpha value is -3.18. The van der Waals surface area contributed by atoms with Gasteiger partial charge in [-0.1, -0.05) is 329 Å². The zero-order valence-corrected chi connectivity index (χ0v) is 51.7. The largest absolute Gasteiger partial charge is 0.462 e. The fraction of sp³-hybridized carbons (Fsp3) is 0.753. The van der Waals surface area contributed by atoms with Gasteiger partial charge in [-0.05, 0) is 89.9 Å². The van der Waals surface area contributed by atoms with E-state index >= 15 is 0 Å². The van der Waals surface area contributed by atoms with E-state index in [0.717, 1.165) is 70.6 Å². The van der Waals surface area contributed by atoms with Crippen LogP contribution in [0.4, 0.5) is 0 Å². The Morgan fingerprint density at radius 1 is 0.308 bits per heavy atom. The standard InChI is InChI=1S/C73H128O5/c1-3-5-7-9-11-13-15-17-19-21-23-25-27-28-29-30-31-32-33-34-35-36-37-38-39-40-41-42-43-44-46-47-49-51-53-55-57-59-61-63-65-67-72(75)77-70-71(69-74)78-73(76)68-66-64-62-60-58-56-54-52-50-48-45-26-24-22-20-18-16-14-12-10-8-6-4-2/h6,8,12,14,18,20-21,23-24,26,48,50,54,56,60,62,71,74H,3-5,7,9-11,13,15-17,19,22,25,27-47,49,51-53,55,57-59,61,63-70H2,1-2H3/b8-6-,14-12-,20-18-,23-21-,26-24-,50-48-,56-54-,62-60-. The molecular formula is C73H128O5. The molecule has 0 rings (SSSR count). The van der Waals surface area contributed by atoms with E-state index in [1.165, 1.54) is 231 Å². The fourth-order valence-corrected chi connectivity index (χ4v) is 9.84. The van der Waals surface area contributed by atoms with Crippen LogP contribution in [0, 0.1) is 0 Å². The molecule has 5 heteroatoms. The van der Waals surface area contributed by atoms with E-state index in [1.807, 2.05) is 0 Å². The lowest BCUT2D eigenvalue weighted by Crippen LogP contribution is -2.28. The number of carbonyl (C=O) groups is 2. The summed E-state index contributed by atoms with van der Waals surface area (Å²) in [6, 6.07) is 0. The van der Waals surface area contributed by atoms with Crippen molar-refractivity contribution in [2.24, 2.45) is 0 Å². The van der Waals surface area contributed by atoms with E-state index in [-0.39, 0.29) is 31.6 Å². The third-order valence-corrected chi connectivity index (χ3v) is 14.9. The molecule has 0 saturated carbocycles. The van der Waals surface area contributed by atoms with Gasteiger partial charge in [-0.3, -0.25) is 9.59 Å². The second kappa shape index (κ2) is 68.1. The lowest BCUT2D eigenvalue weighted by Gasteiger charge is -2.15. The first kappa shape index (κ1) is 74.8. The van der Waals surface area contributed by atoms with Crippen LogP contribution in [-0.4, -0.2) is 36.4 Å². The summed E-state index contributed by atoms with van der Waals surface area (Å²) in [7, 11) is 0. The summed E-state index contributed by atoms with van der Waals surface area (Å²) < 4.78 is 10.7. The average Bonchev–Trinajstić information content (AvgIpc) is 3.44. The highest BCUT2D eigenvalue weighted by molar-refractivity contribution is 5.70. The Balaban J connectivity index is 3.45. The van der Waals surface area contributed by atoms with Gasteiger partial charge < -0.3 is 14.6 Å². The number of carbonyl (C=O) groups excluding carboxylic acids is 2. The number of ether oxygens (including phenoxy) is 2. The molecule has 1 atom stereocenters. The third-order valence-electron chi connectivity index (χ3n) is 14.9. The minimum atomic E-state index is -0.809. The highest BCUT2D eigenvalue weighted by Crippen LogP contribution is 2.18. The van der Waals surface area contributed by atoms with Crippen molar-refractivity contribution in [2.45, 2.75) is 341 Å². The number of allylic oxidation sites excluding steroid dienone is 16. The van der Waals surface area contributed by atoms with Gasteiger partial charge in [-0.15, -0.1) is 0 Å². The van der Waals surface area contributed by atoms with Crippen molar-refractivity contribution in [1.29, 1.82) is 0 Å².